The van der Waals surface area contributed by atoms with Gasteiger partial charge in [0.2, 0.25) is 21.8 Å². The molecule has 2 atom stereocenters. The highest BCUT2D eigenvalue weighted by Crippen LogP contribution is 2.36. The van der Waals surface area contributed by atoms with E-state index in [2.05, 4.69) is 5.32 Å². The van der Waals surface area contributed by atoms with Gasteiger partial charge in [-0.1, -0.05) is 67.1 Å². The number of carbonyl (C=O) groups excluding carboxylic acids is 2. The lowest BCUT2D eigenvalue weighted by Crippen LogP contribution is -2.54. The number of rotatable bonds is 12. The molecule has 3 aromatic carbocycles. The predicted molar refractivity (Wildman–Crippen MR) is 157 cm³/mol. The average molecular weight is 642 g/mol. The Bertz CT molecular complexity index is 1540. The summed E-state index contributed by atoms with van der Waals surface area (Å²) in [6.45, 7) is 2.19. The molecule has 0 radical (unpaired) electrons. The topological polar surface area (TPSA) is 86.8 Å². The number of hydrogen-bond donors (Lipinski definition) is 1. The molecule has 2 amide bonds. The van der Waals surface area contributed by atoms with Crippen LogP contribution in [0.3, 0.4) is 0 Å². The first-order chi connectivity index (χ1) is 20.1. The molecule has 0 aromatic heterocycles. The quantitative estimate of drug-likeness (QED) is 0.253. The molecule has 43 heavy (non-hydrogen) atoms. The fourth-order valence-corrected chi connectivity index (χ4v) is 5.40. The monoisotopic (exact) mass is 641 g/mol. The molecular formula is C30H32ClF4N3O4S. The fourth-order valence-electron chi connectivity index (χ4n) is 4.28. The summed E-state index contributed by atoms with van der Waals surface area (Å²) in [5.41, 5.74) is -1.03. The molecule has 0 saturated heterocycles. The van der Waals surface area contributed by atoms with Crippen molar-refractivity contribution in [3.8, 4) is 0 Å². The summed E-state index contributed by atoms with van der Waals surface area (Å²) in [5, 5.41) is 2.48. The summed E-state index contributed by atoms with van der Waals surface area (Å²) in [7, 11) is -4.38. The van der Waals surface area contributed by atoms with Crippen molar-refractivity contribution in [1.82, 2.24) is 10.2 Å². The molecule has 3 aromatic rings. The second kappa shape index (κ2) is 14.2. The third kappa shape index (κ3) is 9.17. The van der Waals surface area contributed by atoms with Gasteiger partial charge in [-0.2, -0.15) is 13.2 Å². The molecule has 0 aliphatic heterocycles. The van der Waals surface area contributed by atoms with Crippen LogP contribution in [0, 0.1) is 5.82 Å². The van der Waals surface area contributed by atoms with Gasteiger partial charge >= 0.3 is 6.18 Å². The van der Waals surface area contributed by atoms with Crippen LogP contribution in [0.15, 0.2) is 72.8 Å². The molecule has 0 unspecified atom stereocenters. The van der Waals surface area contributed by atoms with E-state index >= 15 is 0 Å². The van der Waals surface area contributed by atoms with Crippen molar-refractivity contribution in [3.05, 3.63) is 100 Å². The van der Waals surface area contributed by atoms with E-state index in [1.165, 1.54) is 24.3 Å². The van der Waals surface area contributed by atoms with Crippen molar-refractivity contribution in [1.29, 1.82) is 0 Å². The van der Waals surface area contributed by atoms with Crippen molar-refractivity contribution in [3.63, 3.8) is 0 Å². The Kier molecular flexibility index (Phi) is 11.2. The number of sulfonamides is 1. The van der Waals surface area contributed by atoms with Gasteiger partial charge in [-0.3, -0.25) is 13.9 Å². The average Bonchev–Trinajstić information content (AvgIpc) is 2.94. The molecule has 0 fully saturated rings. The summed E-state index contributed by atoms with van der Waals surface area (Å²) < 4.78 is 81.5. The number of amides is 2. The van der Waals surface area contributed by atoms with E-state index < -0.39 is 64.2 Å². The van der Waals surface area contributed by atoms with Crippen LogP contribution in [-0.2, 0) is 38.8 Å². The number of alkyl halides is 3. The Morgan fingerprint density at radius 2 is 1.63 bits per heavy atom. The van der Waals surface area contributed by atoms with E-state index in [0.29, 0.717) is 28.4 Å². The zero-order chi connectivity index (χ0) is 31.9. The highest BCUT2D eigenvalue weighted by atomic mass is 35.5. The van der Waals surface area contributed by atoms with Gasteiger partial charge in [-0.05, 0) is 43.2 Å². The van der Waals surface area contributed by atoms with Crippen molar-refractivity contribution in [2.24, 2.45) is 0 Å². The molecule has 0 aliphatic rings. The van der Waals surface area contributed by atoms with Crippen LogP contribution >= 0.6 is 11.6 Å². The number of halogens is 5. The van der Waals surface area contributed by atoms with Gasteiger partial charge in [-0.25, -0.2) is 12.8 Å². The number of hydrogen-bond acceptors (Lipinski definition) is 4. The minimum absolute atomic E-state index is 0.00745. The number of anilines is 1. The van der Waals surface area contributed by atoms with E-state index in [0.717, 1.165) is 17.2 Å². The highest BCUT2D eigenvalue weighted by Gasteiger charge is 2.36. The smallest absolute Gasteiger partial charge is 0.352 e. The third-order valence-corrected chi connectivity index (χ3v) is 8.24. The second-order valence-corrected chi connectivity index (χ2v) is 12.4. The molecule has 13 heteroatoms. The lowest BCUT2D eigenvalue weighted by molar-refractivity contribution is -0.140. The summed E-state index contributed by atoms with van der Waals surface area (Å²) in [5.74, 6) is -2.18. The Hall–Kier alpha value is -3.64. The normalized spacial score (nSPS) is 13.2. The lowest BCUT2D eigenvalue weighted by Gasteiger charge is -2.34. The lowest BCUT2D eigenvalue weighted by atomic mass is 10.0. The standard InChI is InChI=1S/C30H32ClF4N3O4S/c1-4-20(2)36-29(40)27(16-21-10-6-5-7-11-21)37(18-22-12-8-9-13-25(22)32)28(39)19-38(43(3,41)42)26-17-23(30(33,34)35)14-15-24(26)31/h5-15,17,20,27H,4,16,18-19H2,1-3H3,(H,36,40)/t20-,27+/m0/s1. The van der Waals surface area contributed by atoms with Crippen LogP contribution in [-0.4, -0.2) is 50.0 Å². The van der Waals surface area contributed by atoms with Crippen molar-refractivity contribution < 1.29 is 35.6 Å². The maximum atomic E-state index is 14.8. The maximum Gasteiger partial charge on any atom is 0.416 e. The first kappa shape index (κ1) is 33.9. The summed E-state index contributed by atoms with van der Waals surface area (Å²) in [4.78, 5) is 28.7. The fraction of sp³-hybridized carbons (Fsp3) is 0.333. The SMILES string of the molecule is CC[C@H](C)NC(=O)[C@@H](Cc1ccccc1)N(Cc1ccccc1F)C(=O)CN(c1cc(C(F)(F)F)ccc1Cl)S(C)(=O)=O. The number of nitrogens with one attached hydrogen (secondary N) is 1. The molecule has 0 spiro atoms. The molecule has 0 aliphatic carbocycles. The first-order valence-electron chi connectivity index (χ1n) is 13.3. The molecule has 232 valence electrons. The third-order valence-electron chi connectivity index (χ3n) is 6.79. The van der Waals surface area contributed by atoms with Crippen LogP contribution in [0.2, 0.25) is 5.02 Å². The van der Waals surface area contributed by atoms with E-state index in [9.17, 15) is 35.6 Å². The minimum Gasteiger partial charge on any atom is -0.352 e. The van der Waals surface area contributed by atoms with Gasteiger partial charge in [0, 0.05) is 24.6 Å². The molecule has 7 nitrogen and oxygen atoms in total. The predicted octanol–water partition coefficient (Wildman–Crippen LogP) is 5.82. The second-order valence-electron chi connectivity index (χ2n) is 10.1. The maximum absolute atomic E-state index is 14.8. The van der Waals surface area contributed by atoms with Crippen LogP contribution in [0.4, 0.5) is 23.2 Å². The van der Waals surface area contributed by atoms with Gasteiger partial charge in [0.15, 0.2) is 0 Å². The Morgan fingerprint density at radius 3 is 2.21 bits per heavy atom. The first-order valence-corrected chi connectivity index (χ1v) is 15.6. The van der Waals surface area contributed by atoms with Crippen LogP contribution < -0.4 is 9.62 Å². The van der Waals surface area contributed by atoms with Crippen molar-refractivity contribution >= 4 is 39.1 Å². The van der Waals surface area contributed by atoms with Gasteiger partial charge in [0.1, 0.15) is 18.4 Å². The van der Waals surface area contributed by atoms with E-state index in [1.807, 2.05) is 6.92 Å². The van der Waals surface area contributed by atoms with E-state index in [4.69, 9.17) is 11.6 Å². The molecule has 0 heterocycles. The number of nitrogens with zero attached hydrogens (tertiary/aromatic N) is 2. The summed E-state index contributed by atoms with van der Waals surface area (Å²) in [6.07, 6.45) is -3.54. The van der Waals surface area contributed by atoms with Gasteiger partial charge < -0.3 is 10.2 Å². The summed E-state index contributed by atoms with van der Waals surface area (Å²) in [6, 6.07) is 14.9. The highest BCUT2D eigenvalue weighted by molar-refractivity contribution is 7.92. The van der Waals surface area contributed by atoms with E-state index in [1.54, 1.807) is 37.3 Å². The van der Waals surface area contributed by atoms with Crippen LogP contribution in [0.1, 0.15) is 37.0 Å². The largest absolute Gasteiger partial charge is 0.416 e. The molecular weight excluding hydrogens is 610 g/mol. The number of benzene rings is 3. The van der Waals surface area contributed by atoms with Gasteiger partial charge in [0.25, 0.3) is 0 Å². The van der Waals surface area contributed by atoms with Crippen LogP contribution in [0.25, 0.3) is 0 Å². The van der Waals surface area contributed by atoms with Gasteiger partial charge in [0.05, 0.1) is 22.5 Å². The van der Waals surface area contributed by atoms with Crippen LogP contribution in [0.5, 0.6) is 0 Å². The Balaban J connectivity index is 2.13. The molecule has 0 saturated carbocycles. The van der Waals surface area contributed by atoms with E-state index in [-0.39, 0.29) is 23.0 Å². The zero-order valence-electron chi connectivity index (χ0n) is 23.7. The van der Waals surface area contributed by atoms with Crippen molar-refractivity contribution in [2.45, 2.75) is 51.5 Å². The zero-order valence-corrected chi connectivity index (χ0v) is 25.3. The summed E-state index contributed by atoms with van der Waals surface area (Å²) >= 11 is 6.14. The van der Waals surface area contributed by atoms with Gasteiger partial charge in [-0.15, -0.1) is 0 Å². The number of carbonyl (C=O) groups is 2. The Morgan fingerprint density at radius 1 is 1.00 bits per heavy atom. The van der Waals surface area contributed by atoms with Crippen molar-refractivity contribution in [2.75, 3.05) is 17.1 Å². The Labute approximate surface area is 253 Å². The molecule has 1 N–H and O–H groups in total. The molecule has 0 bridgehead atoms. The minimum atomic E-state index is -4.82. The molecule has 3 rings (SSSR count).